The van der Waals surface area contributed by atoms with Crippen molar-refractivity contribution in [3.05, 3.63) is 53.6 Å². The molecule has 2 aromatic carbocycles. The minimum absolute atomic E-state index is 0.0462. The lowest BCUT2D eigenvalue weighted by atomic mass is 9.99. The Kier molecular flexibility index (Phi) is 5.77. The number of carbonyl (C=O) groups excluding carboxylic acids is 3. The molecule has 1 saturated heterocycles. The van der Waals surface area contributed by atoms with Gasteiger partial charge in [-0.2, -0.15) is 13.2 Å². The average molecular weight is 460 g/mol. The van der Waals surface area contributed by atoms with E-state index in [0.717, 1.165) is 12.1 Å². The van der Waals surface area contributed by atoms with Gasteiger partial charge in [0.15, 0.2) is 0 Å². The SMILES string of the molecule is CC(C)NC(=O)N1CCN2C(=O)c3cc(-c4cccc(C(F)(F)F)c4)ccc3NC(=O)[C@H]2C1. The predicted octanol–water partition coefficient (Wildman–Crippen LogP) is 3.57. The largest absolute Gasteiger partial charge is 0.416 e. The highest BCUT2D eigenvalue weighted by Crippen LogP contribution is 2.34. The standard InChI is InChI=1S/C23H23F3N4O3/c1-13(2)27-22(33)29-8-9-30-19(12-29)20(31)28-18-7-6-15(11-17(18)21(30)32)14-4-3-5-16(10-14)23(24,25)26/h3-7,10-11,13,19H,8-9,12H2,1-2H3,(H,27,33)(H,28,31)/t19-/m1/s1. The smallest absolute Gasteiger partial charge is 0.336 e. The van der Waals surface area contributed by atoms with Gasteiger partial charge in [-0.1, -0.05) is 18.2 Å². The summed E-state index contributed by atoms with van der Waals surface area (Å²) in [5, 5.41) is 5.51. The van der Waals surface area contributed by atoms with Gasteiger partial charge in [-0.15, -0.1) is 0 Å². The highest BCUT2D eigenvalue weighted by molar-refractivity contribution is 6.10. The van der Waals surface area contributed by atoms with Crippen molar-refractivity contribution >= 4 is 23.5 Å². The molecule has 0 radical (unpaired) electrons. The van der Waals surface area contributed by atoms with E-state index in [4.69, 9.17) is 0 Å². The second-order valence-corrected chi connectivity index (χ2v) is 8.39. The van der Waals surface area contributed by atoms with Gasteiger partial charge in [-0.05, 0) is 49.2 Å². The van der Waals surface area contributed by atoms with Crippen LogP contribution in [0.15, 0.2) is 42.5 Å². The maximum Gasteiger partial charge on any atom is 0.416 e. The van der Waals surface area contributed by atoms with E-state index in [-0.39, 0.29) is 43.0 Å². The van der Waals surface area contributed by atoms with Gasteiger partial charge in [-0.25, -0.2) is 4.79 Å². The summed E-state index contributed by atoms with van der Waals surface area (Å²) in [4.78, 5) is 41.5. The van der Waals surface area contributed by atoms with Crippen LogP contribution in [0.25, 0.3) is 11.1 Å². The van der Waals surface area contributed by atoms with Crippen molar-refractivity contribution in [1.82, 2.24) is 15.1 Å². The first-order valence-electron chi connectivity index (χ1n) is 10.5. The molecule has 33 heavy (non-hydrogen) atoms. The van der Waals surface area contributed by atoms with Crippen LogP contribution in [-0.4, -0.2) is 59.4 Å². The number of fused-ring (bicyclic) bond motifs is 2. The van der Waals surface area contributed by atoms with Crippen molar-refractivity contribution < 1.29 is 27.6 Å². The molecule has 0 saturated carbocycles. The number of anilines is 1. The molecule has 0 unspecified atom stereocenters. The fourth-order valence-corrected chi connectivity index (χ4v) is 4.03. The number of hydrogen-bond acceptors (Lipinski definition) is 3. The van der Waals surface area contributed by atoms with Gasteiger partial charge in [0.2, 0.25) is 5.91 Å². The first-order chi connectivity index (χ1) is 15.5. The molecule has 2 aromatic rings. The van der Waals surface area contributed by atoms with Crippen LogP contribution in [0.5, 0.6) is 0 Å². The van der Waals surface area contributed by atoms with E-state index in [2.05, 4.69) is 10.6 Å². The summed E-state index contributed by atoms with van der Waals surface area (Å²) in [5.74, 6) is -0.831. The van der Waals surface area contributed by atoms with Gasteiger partial charge in [-0.3, -0.25) is 9.59 Å². The highest BCUT2D eigenvalue weighted by atomic mass is 19.4. The summed E-state index contributed by atoms with van der Waals surface area (Å²) < 4.78 is 39.4. The van der Waals surface area contributed by atoms with Crippen LogP contribution in [0.1, 0.15) is 29.8 Å². The van der Waals surface area contributed by atoms with Gasteiger partial charge in [0.05, 0.1) is 23.4 Å². The molecule has 7 nitrogen and oxygen atoms in total. The van der Waals surface area contributed by atoms with E-state index >= 15 is 0 Å². The fraction of sp³-hybridized carbons (Fsp3) is 0.348. The number of carbonyl (C=O) groups is 3. The average Bonchev–Trinajstić information content (AvgIpc) is 2.87. The van der Waals surface area contributed by atoms with E-state index in [9.17, 15) is 27.6 Å². The van der Waals surface area contributed by atoms with E-state index in [0.29, 0.717) is 11.1 Å². The van der Waals surface area contributed by atoms with Crippen LogP contribution < -0.4 is 10.6 Å². The Hall–Kier alpha value is -3.56. The summed E-state index contributed by atoms with van der Waals surface area (Å²) in [6, 6.07) is 8.18. The van der Waals surface area contributed by atoms with Crippen LogP contribution in [0.2, 0.25) is 0 Å². The Labute approximate surface area is 188 Å². The molecule has 1 atom stereocenters. The molecule has 0 aromatic heterocycles. The van der Waals surface area contributed by atoms with E-state index in [1.165, 1.54) is 34.1 Å². The molecule has 10 heteroatoms. The number of piperazine rings is 1. The van der Waals surface area contributed by atoms with Crippen LogP contribution in [0, 0.1) is 0 Å². The van der Waals surface area contributed by atoms with Crippen LogP contribution in [0.4, 0.5) is 23.7 Å². The molecular formula is C23H23F3N4O3. The molecular weight excluding hydrogens is 437 g/mol. The molecule has 0 spiro atoms. The molecule has 2 aliphatic rings. The number of hydrogen-bond donors (Lipinski definition) is 2. The van der Waals surface area contributed by atoms with Gasteiger partial charge < -0.3 is 20.4 Å². The third kappa shape index (κ3) is 4.50. The lowest BCUT2D eigenvalue weighted by Crippen LogP contribution is -2.61. The van der Waals surface area contributed by atoms with Crippen LogP contribution in [-0.2, 0) is 11.0 Å². The van der Waals surface area contributed by atoms with Crippen molar-refractivity contribution in [2.24, 2.45) is 0 Å². The maximum atomic E-state index is 13.3. The van der Waals surface area contributed by atoms with Crippen molar-refractivity contribution in [2.45, 2.75) is 32.1 Å². The molecule has 2 N–H and O–H groups in total. The first-order valence-corrected chi connectivity index (χ1v) is 10.5. The third-order valence-electron chi connectivity index (χ3n) is 5.67. The lowest BCUT2D eigenvalue weighted by Gasteiger charge is -2.39. The first kappa shape index (κ1) is 22.6. The van der Waals surface area contributed by atoms with E-state index in [1.54, 1.807) is 6.07 Å². The topological polar surface area (TPSA) is 81.8 Å². The number of urea groups is 1. The molecule has 1 fully saturated rings. The van der Waals surface area contributed by atoms with Gasteiger partial charge in [0, 0.05) is 19.1 Å². The normalized spacial score (nSPS) is 18.4. The third-order valence-corrected chi connectivity index (χ3v) is 5.67. The Morgan fingerprint density at radius 3 is 2.52 bits per heavy atom. The molecule has 4 rings (SSSR count). The van der Waals surface area contributed by atoms with Crippen molar-refractivity contribution in [1.29, 1.82) is 0 Å². The Balaban J connectivity index is 1.63. The zero-order chi connectivity index (χ0) is 23.9. The van der Waals surface area contributed by atoms with Crippen molar-refractivity contribution in [3.8, 4) is 11.1 Å². The molecule has 0 bridgehead atoms. The zero-order valence-electron chi connectivity index (χ0n) is 18.1. The van der Waals surface area contributed by atoms with Crippen molar-refractivity contribution in [2.75, 3.05) is 25.0 Å². The molecule has 4 amide bonds. The quantitative estimate of drug-likeness (QED) is 0.719. The highest BCUT2D eigenvalue weighted by Gasteiger charge is 2.40. The molecule has 2 heterocycles. The maximum absolute atomic E-state index is 13.3. The molecule has 0 aliphatic carbocycles. The Morgan fingerprint density at radius 1 is 1.09 bits per heavy atom. The van der Waals surface area contributed by atoms with Gasteiger partial charge in [0.25, 0.3) is 5.91 Å². The summed E-state index contributed by atoms with van der Waals surface area (Å²) >= 11 is 0. The second kappa shape index (κ2) is 8.42. The summed E-state index contributed by atoms with van der Waals surface area (Å²) in [6.45, 7) is 4.13. The van der Waals surface area contributed by atoms with E-state index < -0.39 is 29.6 Å². The lowest BCUT2D eigenvalue weighted by molar-refractivity contribution is -0.137. The number of halogens is 3. The summed E-state index contributed by atoms with van der Waals surface area (Å²) in [6.07, 6.45) is -4.49. The van der Waals surface area contributed by atoms with Gasteiger partial charge in [0.1, 0.15) is 6.04 Å². The summed E-state index contributed by atoms with van der Waals surface area (Å²) in [5.41, 5.74) is 0.429. The Bertz CT molecular complexity index is 1120. The number of nitrogens with one attached hydrogen (secondary N) is 2. The second-order valence-electron chi connectivity index (χ2n) is 8.39. The molecule has 2 aliphatic heterocycles. The zero-order valence-corrected chi connectivity index (χ0v) is 18.1. The van der Waals surface area contributed by atoms with Gasteiger partial charge >= 0.3 is 12.2 Å². The summed E-state index contributed by atoms with van der Waals surface area (Å²) in [7, 11) is 0. The van der Waals surface area contributed by atoms with E-state index in [1.807, 2.05) is 13.8 Å². The minimum atomic E-state index is -4.49. The molecule has 174 valence electrons. The fourth-order valence-electron chi connectivity index (χ4n) is 4.03. The number of rotatable bonds is 2. The van der Waals surface area contributed by atoms with Crippen LogP contribution >= 0.6 is 0 Å². The minimum Gasteiger partial charge on any atom is -0.336 e. The van der Waals surface area contributed by atoms with Crippen molar-refractivity contribution in [3.63, 3.8) is 0 Å². The number of nitrogens with zero attached hydrogens (tertiary/aromatic N) is 2. The predicted molar refractivity (Wildman–Crippen MR) is 116 cm³/mol. The van der Waals surface area contributed by atoms with Crippen LogP contribution in [0.3, 0.4) is 0 Å². The number of amides is 4. The Morgan fingerprint density at radius 2 is 1.82 bits per heavy atom. The number of alkyl halides is 3. The monoisotopic (exact) mass is 460 g/mol. The number of benzene rings is 2.